The smallest absolute Gasteiger partial charge is 0.251 e. The molecule has 0 radical (unpaired) electrons. The number of halogens is 1. The van der Waals surface area contributed by atoms with Crippen LogP contribution in [0.2, 0.25) is 5.02 Å². The molecule has 0 aliphatic rings. The molecule has 3 nitrogen and oxygen atoms in total. The van der Waals surface area contributed by atoms with Crippen molar-refractivity contribution < 1.29 is 4.79 Å². The summed E-state index contributed by atoms with van der Waals surface area (Å²) in [5.74, 6) is -0.111. The lowest BCUT2D eigenvalue weighted by atomic mass is 10.1. The highest BCUT2D eigenvalue weighted by molar-refractivity contribution is 6.31. The molecule has 0 aliphatic heterocycles. The van der Waals surface area contributed by atoms with E-state index < -0.39 is 0 Å². The summed E-state index contributed by atoms with van der Waals surface area (Å²) in [6.07, 6.45) is 0. The number of nitrogens with one attached hydrogen (secondary N) is 2. The van der Waals surface area contributed by atoms with E-state index >= 15 is 0 Å². The summed E-state index contributed by atoms with van der Waals surface area (Å²) in [5, 5.41) is 6.62. The number of anilines is 1. The predicted molar refractivity (Wildman–Crippen MR) is 83.3 cm³/mol. The number of carbonyl (C=O) groups is 1. The Labute approximate surface area is 124 Å². The van der Waals surface area contributed by atoms with Crippen molar-refractivity contribution >= 4 is 23.2 Å². The van der Waals surface area contributed by atoms with Gasteiger partial charge in [0, 0.05) is 23.3 Å². The van der Waals surface area contributed by atoms with E-state index in [2.05, 4.69) is 10.6 Å². The molecule has 1 unspecified atom stereocenters. The highest BCUT2D eigenvalue weighted by atomic mass is 35.5. The third-order valence-electron chi connectivity index (χ3n) is 3.16. The molecule has 0 saturated heterocycles. The van der Waals surface area contributed by atoms with Crippen LogP contribution in [0, 0.1) is 0 Å². The summed E-state index contributed by atoms with van der Waals surface area (Å²) in [6, 6.07) is 14.7. The second-order valence-corrected chi connectivity index (χ2v) is 4.95. The molecule has 0 heterocycles. The van der Waals surface area contributed by atoms with Crippen LogP contribution in [-0.2, 0) is 0 Å². The largest absolute Gasteiger partial charge is 0.388 e. The highest BCUT2D eigenvalue weighted by Gasteiger charge is 2.13. The van der Waals surface area contributed by atoms with Gasteiger partial charge in [0.1, 0.15) is 0 Å². The predicted octanol–water partition coefficient (Wildman–Crippen LogP) is 3.87. The average Bonchev–Trinajstić information content (AvgIpc) is 2.47. The number of rotatable bonds is 4. The molecule has 2 rings (SSSR count). The topological polar surface area (TPSA) is 41.1 Å². The summed E-state index contributed by atoms with van der Waals surface area (Å²) in [6.45, 7) is 1.92. The molecule has 0 bridgehead atoms. The molecule has 0 saturated carbocycles. The van der Waals surface area contributed by atoms with Crippen molar-refractivity contribution in [3.05, 3.63) is 64.7 Å². The van der Waals surface area contributed by atoms with Crippen LogP contribution in [0.25, 0.3) is 0 Å². The number of hydrogen-bond donors (Lipinski definition) is 2. The van der Waals surface area contributed by atoms with Gasteiger partial charge < -0.3 is 10.6 Å². The molecule has 0 spiro atoms. The van der Waals surface area contributed by atoms with E-state index in [0.29, 0.717) is 10.6 Å². The molecule has 20 heavy (non-hydrogen) atoms. The van der Waals surface area contributed by atoms with Gasteiger partial charge in [-0.1, -0.05) is 29.8 Å². The van der Waals surface area contributed by atoms with Crippen LogP contribution in [0.4, 0.5) is 5.69 Å². The van der Waals surface area contributed by atoms with Crippen molar-refractivity contribution in [2.24, 2.45) is 0 Å². The molecule has 2 aromatic rings. The van der Waals surface area contributed by atoms with E-state index in [-0.39, 0.29) is 11.9 Å². The van der Waals surface area contributed by atoms with Gasteiger partial charge in [-0.25, -0.2) is 0 Å². The van der Waals surface area contributed by atoms with Crippen LogP contribution < -0.4 is 10.6 Å². The summed E-state index contributed by atoms with van der Waals surface area (Å²) >= 11 is 6.13. The van der Waals surface area contributed by atoms with Gasteiger partial charge in [-0.3, -0.25) is 4.79 Å². The first-order valence-electron chi connectivity index (χ1n) is 6.45. The first-order chi connectivity index (χ1) is 9.61. The van der Waals surface area contributed by atoms with Gasteiger partial charge in [-0.05, 0) is 42.8 Å². The zero-order valence-corrected chi connectivity index (χ0v) is 12.2. The molecule has 2 N–H and O–H groups in total. The molecule has 0 fully saturated rings. The normalized spacial score (nSPS) is 11.8. The van der Waals surface area contributed by atoms with Gasteiger partial charge in [0.25, 0.3) is 5.91 Å². The van der Waals surface area contributed by atoms with Crippen molar-refractivity contribution in [1.29, 1.82) is 0 Å². The molecular formula is C16H17ClN2O. The Hall–Kier alpha value is -2.00. The maximum absolute atomic E-state index is 12.2. The third kappa shape index (κ3) is 3.31. The summed E-state index contributed by atoms with van der Waals surface area (Å²) in [7, 11) is 1.84. The molecule has 4 heteroatoms. The fourth-order valence-electron chi connectivity index (χ4n) is 1.97. The fraction of sp³-hybridized carbons (Fsp3) is 0.188. The van der Waals surface area contributed by atoms with E-state index in [4.69, 9.17) is 11.6 Å². The number of amides is 1. The molecular weight excluding hydrogens is 272 g/mol. The Morgan fingerprint density at radius 2 is 1.75 bits per heavy atom. The Bertz CT molecular complexity index is 596. The van der Waals surface area contributed by atoms with E-state index in [9.17, 15) is 4.79 Å². The Balaban J connectivity index is 2.09. The maximum Gasteiger partial charge on any atom is 0.251 e. The lowest BCUT2D eigenvalue weighted by molar-refractivity contribution is 0.0940. The van der Waals surface area contributed by atoms with E-state index in [1.54, 1.807) is 12.1 Å². The highest BCUT2D eigenvalue weighted by Crippen LogP contribution is 2.22. The molecule has 1 amide bonds. The quantitative estimate of drug-likeness (QED) is 0.896. The first-order valence-corrected chi connectivity index (χ1v) is 6.82. The zero-order valence-electron chi connectivity index (χ0n) is 11.5. The van der Waals surface area contributed by atoms with E-state index in [1.807, 2.05) is 50.4 Å². The van der Waals surface area contributed by atoms with Crippen LogP contribution in [-0.4, -0.2) is 13.0 Å². The van der Waals surface area contributed by atoms with Crippen molar-refractivity contribution in [1.82, 2.24) is 5.32 Å². The molecule has 1 atom stereocenters. The maximum atomic E-state index is 12.2. The van der Waals surface area contributed by atoms with Crippen LogP contribution in [0.15, 0.2) is 48.5 Å². The number of hydrogen-bond acceptors (Lipinski definition) is 2. The third-order valence-corrected chi connectivity index (χ3v) is 3.50. The summed E-state index contributed by atoms with van der Waals surface area (Å²) in [5.41, 5.74) is 2.51. The number of carbonyl (C=O) groups excluding carboxylic acids is 1. The number of benzene rings is 2. The average molecular weight is 289 g/mol. The lowest BCUT2D eigenvalue weighted by Gasteiger charge is -2.15. The van der Waals surface area contributed by atoms with E-state index in [0.717, 1.165) is 11.3 Å². The summed E-state index contributed by atoms with van der Waals surface area (Å²) in [4.78, 5) is 12.2. The molecule has 0 aliphatic carbocycles. The van der Waals surface area contributed by atoms with Gasteiger partial charge in [0.2, 0.25) is 0 Å². The van der Waals surface area contributed by atoms with E-state index in [1.165, 1.54) is 0 Å². The van der Waals surface area contributed by atoms with Gasteiger partial charge in [-0.2, -0.15) is 0 Å². The van der Waals surface area contributed by atoms with Crippen LogP contribution in [0.1, 0.15) is 28.9 Å². The fourth-order valence-corrected chi connectivity index (χ4v) is 2.27. The van der Waals surface area contributed by atoms with Gasteiger partial charge >= 0.3 is 0 Å². The summed E-state index contributed by atoms with van der Waals surface area (Å²) < 4.78 is 0. The van der Waals surface area contributed by atoms with Gasteiger partial charge in [0.15, 0.2) is 0 Å². The Morgan fingerprint density at radius 1 is 1.10 bits per heavy atom. The van der Waals surface area contributed by atoms with Crippen LogP contribution >= 0.6 is 11.6 Å². The SMILES string of the molecule is CNc1ccc(C(=O)NC(C)c2ccccc2Cl)cc1. The van der Waals surface area contributed by atoms with Crippen LogP contribution in [0.5, 0.6) is 0 Å². The van der Waals surface area contributed by atoms with Crippen molar-refractivity contribution in [3.8, 4) is 0 Å². The van der Waals surface area contributed by atoms with Crippen molar-refractivity contribution in [3.63, 3.8) is 0 Å². The van der Waals surface area contributed by atoms with Crippen LogP contribution in [0.3, 0.4) is 0 Å². The minimum Gasteiger partial charge on any atom is -0.388 e. The van der Waals surface area contributed by atoms with Gasteiger partial charge in [0.05, 0.1) is 6.04 Å². The molecule has 104 valence electrons. The van der Waals surface area contributed by atoms with Gasteiger partial charge in [-0.15, -0.1) is 0 Å². The Morgan fingerprint density at radius 3 is 2.35 bits per heavy atom. The minimum atomic E-state index is -0.139. The monoisotopic (exact) mass is 288 g/mol. The second-order valence-electron chi connectivity index (χ2n) is 4.54. The lowest BCUT2D eigenvalue weighted by Crippen LogP contribution is -2.26. The standard InChI is InChI=1S/C16H17ClN2O/c1-11(14-5-3-4-6-15(14)17)19-16(20)12-7-9-13(18-2)10-8-12/h3-11,18H,1-2H3,(H,19,20). The second kappa shape index (κ2) is 6.44. The van der Waals surface area contributed by atoms with Crippen molar-refractivity contribution in [2.45, 2.75) is 13.0 Å². The Kier molecular flexibility index (Phi) is 4.64. The molecule has 2 aromatic carbocycles. The van der Waals surface area contributed by atoms with Crippen molar-refractivity contribution in [2.75, 3.05) is 12.4 Å². The minimum absolute atomic E-state index is 0.111. The molecule has 0 aromatic heterocycles. The first kappa shape index (κ1) is 14.4. The zero-order chi connectivity index (χ0) is 14.5.